The Bertz CT molecular complexity index is 386. The van der Waals surface area contributed by atoms with Crippen LogP contribution in [0.2, 0.25) is 0 Å². The summed E-state index contributed by atoms with van der Waals surface area (Å²) < 4.78 is 4.40. The lowest BCUT2D eigenvalue weighted by atomic mass is 10.1. The molecule has 0 aliphatic rings. The van der Waals surface area contributed by atoms with Crippen molar-refractivity contribution in [1.29, 1.82) is 0 Å². The van der Waals surface area contributed by atoms with E-state index in [-0.39, 0.29) is 18.2 Å². The van der Waals surface area contributed by atoms with E-state index in [0.717, 1.165) is 5.56 Å². The highest BCUT2D eigenvalue weighted by Gasteiger charge is 2.05. The zero-order valence-corrected chi connectivity index (χ0v) is 9.60. The minimum absolute atomic E-state index is 0.106. The van der Waals surface area contributed by atoms with Crippen LogP contribution in [0, 0.1) is 0 Å². The van der Waals surface area contributed by atoms with Crippen LogP contribution < -0.4 is 5.32 Å². The molecule has 5 nitrogen and oxygen atoms in total. The molecule has 0 saturated heterocycles. The molecule has 1 amide bonds. The molecule has 1 aromatic carbocycles. The molecule has 1 aromatic rings. The quantitative estimate of drug-likeness (QED) is 0.736. The summed E-state index contributed by atoms with van der Waals surface area (Å²) in [5.41, 5.74) is 0.955. The smallest absolute Gasteiger partial charge is 0.325 e. The second-order valence-corrected chi connectivity index (χ2v) is 3.52. The Morgan fingerprint density at radius 1 is 1.29 bits per heavy atom. The average Bonchev–Trinajstić information content (AvgIpc) is 2.35. The van der Waals surface area contributed by atoms with Gasteiger partial charge in [-0.2, -0.15) is 0 Å². The number of esters is 1. The van der Waals surface area contributed by atoms with Crippen molar-refractivity contribution in [2.24, 2.45) is 0 Å². The minimum Gasteiger partial charge on any atom is -0.508 e. The van der Waals surface area contributed by atoms with Crippen LogP contribution in [0.4, 0.5) is 0 Å². The molecule has 2 N–H and O–H groups in total. The van der Waals surface area contributed by atoms with E-state index < -0.39 is 5.97 Å². The molecule has 0 atom stereocenters. The Kier molecular flexibility index (Phi) is 5.00. The fourth-order valence-electron chi connectivity index (χ4n) is 1.25. The van der Waals surface area contributed by atoms with Crippen molar-refractivity contribution in [2.45, 2.75) is 12.8 Å². The van der Waals surface area contributed by atoms with Gasteiger partial charge in [-0.05, 0) is 24.1 Å². The molecule has 0 unspecified atom stereocenters. The van der Waals surface area contributed by atoms with E-state index in [9.17, 15) is 9.59 Å². The summed E-state index contributed by atoms with van der Waals surface area (Å²) in [6.45, 7) is -0.106. The largest absolute Gasteiger partial charge is 0.508 e. The zero-order chi connectivity index (χ0) is 12.7. The number of rotatable bonds is 5. The molecule has 1 rings (SSSR count). The molecule has 0 spiro atoms. The van der Waals surface area contributed by atoms with Gasteiger partial charge >= 0.3 is 5.97 Å². The summed E-state index contributed by atoms with van der Waals surface area (Å²) >= 11 is 0. The Labute approximate surface area is 99.4 Å². The van der Waals surface area contributed by atoms with E-state index in [0.29, 0.717) is 12.8 Å². The standard InChI is InChI=1S/C12H15NO4/c1-17-12(16)8-13-11(15)7-4-9-2-5-10(14)6-3-9/h2-3,5-6,14H,4,7-8H2,1H3,(H,13,15). The number of benzene rings is 1. The van der Waals surface area contributed by atoms with Crippen LogP contribution >= 0.6 is 0 Å². The number of phenols is 1. The number of ether oxygens (including phenoxy) is 1. The third-order valence-electron chi connectivity index (χ3n) is 2.23. The normalized spacial score (nSPS) is 9.71. The summed E-state index contributed by atoms with van der Waals surface area (Å²) in [6.07, 6.45) is 0.856. The lowest BCUT2D eigenvalue weighted by Crippen LogP contribution is -2.30. The van der Waals surface area contributed by atoms with Crippen LogP contribution in [0.5, 0.6) is 5.75 Å². The van der Waals surface area contributed by atoms with Gasteiger partial charge in [-0.3, -0.25) is 9.59 Å². The monoisotopic (exact) mass is 237 g/mol. The number of phenolic OH excluding ortho intramolecular Hbond substituents is 1. The molecule has 0 heterocycles. The molecule has 0 aliphatic carbocycles. The fourth-order valence-corrected chi connectivity index (χ4v) is 1.25. The first-order valence-electron chi connectivity index (χ1n) is 5.23. The number of aryl methyl sites for hydroxylation is 1. The molecule has 17 heavy (non-hydrogen) atoms. The van der Waals surface area contributed by atoms with Crippen molar-refractivity contribution in [3.8, 4) is 5.75 Å². The van der Waals surface area contributed by atoms with Crippen molar-refractivity contribution in [3.63, 3.8) is 0 Å². The second-order valence-electron chi connectivity index (χ2n) is 3.52. The van der Waals surface area contributed by atoms with Gasteiger partial charge in [0.05, 0.1) is 7.11 Å². The predicted octanol–water partition coefficient (Wildman–Crippen LogP) is 0.614. The number of hydrogen-bond donors (Lipinski definition) is 2. The van der Waals surface area contributed by atoms with Gasteiger partial charge in [0.15, 0.2) is 0 Å². The molecule has 0 aliphatic heterocycles. The van der Waals surface area contributed by atoms with Crippen molar-refractivity contribution in [3.05, 3.63) is 29.8 Å². The van der Waals surface area contributed by atoms with Crippen LogP contribution in [0.25, 0.3) is 0 Å². The van der Waals surface area contributed by atoms with Crippen LogP contribution in [0.3, 0.4) is 0 Å². The lowest BCUT2D eigenvalue weighted by molar-refractivity contribution is -0.141. The second kappa shape index (κ2) is 6.52. The van der Waals surface area contributed by atoms with Gasteiger partial charge in [0, 0.05) is 6.42 Å². The first kappa shape index (κ1) is 13.0. The van der Waals surface area contributed by atoms with Crippen LogP contribution in [0.15, 0.2) is 24.3 Å². The molecule has 0 saturated carbocycles. The molecule has 92 valence electrons. The number of carbonyl (C=O) groups excluding carboxylic acids is 2. The van der Waals surface area contributed by atoms with Gasteiger partial charge in [0.2, 0.25) is 5.91 Å². The molecular formula is C12H15NO4. The highest BCUT2D eigenvalue weighted by Crippen LogP contribution is 2.10. The van der Waals surface area contributed by atoms with E-state index in [1.807, 2.05) is 0 Å². The maximum Gasteiger partial charge on any atom is 0.325 e. The number of hydrogen-bond acceptors (Lipinski definition) is 4. The van der Waals surface area contributed by atoms with E-state index in [4.69, 9.17) is 5.11 Å². The molecular weight excluding hydrogens is 222 g/mol. The SMILES string of the molecule is COC(=O)CNC(=O)CCc1ccc(O)cc1. The number of carbonyl (C=O) groups is 2. The number of aromatic hydroxyl groups is 1. The highest BCUT2D eigenvalue weighted by molar-refractivity contribution is 5.81. The predicted molar refractivity (Wildman–Crippen MR) is 61.5 cm³/mol. The van der Waals surface area contributed by atoms with Crippen molar-refractivity contribution in [1.82, 2.24) is 5.32 Å². The van der Waals surface area contributed by atoms with Gasteiger partial charge in [0.1, 0.15) is 12.3 Å². The fraction of sp³-hybridized carbons (Fsp3) is 0.333. The van der Waals surface area contributed by atoms with Crippen LogP contribution in [-0.2, 0) is 20.7 Å². The average molecular weight is 237 g/mol. The lowest BCUT2D eigenvalue weighted by Gasteiger charge is -2.04. The maximum atomic E-state index is 11.3. The first-order chi connectivity index (χ1) is 8.11. The molecule has 0 aromatic heterocycles. The Morgan fingerprint density at radius 3 is 2.53 bits per heavy atom. The van der Waals surface area contributed by atoms with Gasteiger partial charge in [-0.25, -0.2) is 0 Å². The number of amides is 1. The summed E-state index contributed by atoms with van der Waals surface area (Å²) in [7, 11) is 1.27. The van der Waals surface area contributed by atoms with Gasteiger partial charge in [0.25, 0.3) is 0 Å². The van der Waals surface area contributed by atoms with Crippen molar-refractivity contribution < 1.29 is 19.4 Å². The minimum atomic E-state index is -0.469. The Balaban J connectivity index is 2.28. The van der Waals surface area contributed by atoms with Crippen LogP contribution in [-0.4, -0.2) is 30.6 Å². The topological polar surface area (TPSA) is 75.6 Å². The van der Waals surface area contributed by atoms with Crippen molar-refractivity contribution >= 4 is 11.9 Å². The van der Waals surface area contributed by atoms with Gasteiger partial charge in [-0.15, -0.1) is 0 Å². The summed E-state index contributed by atoms with van der Waals surface area (Å²) in [5.74, 6) is -0.477. The van der Waals surface area contributed by atoms with Gasteiger partial charge in [-0.1, -0.05) is 12.1 Å². The molecule has 5 heteroatoms. The maximum absolute atomic E-state index is 11.3. The van der Waals surface area contributed by atoms with Gasteiger partial charge < -0.3 is 15.2 Å². The summed E-state index contributed by atoms with van der Waals surface area (Å²) in [4.78, 5) is 22.1. The van der Waals surface area contributed by atoms with E-state index >= 15 is 0 Å². The third-order valence-corrected chi connectivity index (χ3v) is 2.23. The molecule has 0 bridgehead atoms. The van der Waals surface area contributed by atoms with E-state index in [2.05, 4.69) is 10.1 Å². The van der Waals surface area contributed by atoms with Crippen LogP contribution in [0.1, 0.15) is 12.0 Å². The van der Waals surface area contributed by atoms with E-state index in [1.54, 1.807) is 24.3 Å². The summed E-state index contributed by atoms with van der Waals surface area (Å²) in [6, 6.07) is 6.65. The number of methoxy groups -OCH3 is 1. The Morgan fingerprint density at radius 2 is 1.94 bits per heavy atom. The highest BCUT2D eigenvalue weighted by atomic mass is 16.5. The zero-order valence-electron chi connectivity index (χ0n) is 9.60. The summed E-state index contributed by atoms with van der Waals surface area (Å²) in [5, 5.41) is 11.5. The first-order valence-corrected chi connectivity index (χ1v) is 5.23. The molecule has 0 radical (unpaired) electrons. The van der Waals surface area contributed by atoms with E-state index in [1.165, 1.54) is 7.11 Å². The Hall–Kier alpha value is -2.04. The number of nitrogens with one attached hydrogen (secondary N) is 1. The molecule has 0 fully saturated rings. The third kappa shape index (κ3) is 5.01. The van der Waals surface area contributed by atoms with Crippen molar-refractivity contribution in [2.75, 3.05) is 13.7 Å².